The zero-order valence-electron chi connectivity index (χ0n) is 10.1. The number of aromatic nitrogens is 2. The molecule has 0 aromatic carbocycles. The van der Waals surface area contributed by atoms with Crippen molar-refractivity contribution in [2.24, 2.45) is 12.8 Å². The predicted molar refractivity (Wildman–Crippen MR) is 64.0 cm³/mol. The van der Waals surface area contributed by atoms with Gasteiger partial charge in [0.25, 0.3) is 0 Å². The SMILES string of the molecule is Cc1nc([N+](=O)[O-])c(N2CCCC2CN)n1C. The van der Waals surface area contributed by atoms with Crippen LogP contribution in [0, 0.1) is 17.0 Å². The first-order valence-electron chi connectivity index (χ1n) is 5.70. The third kappa shape index (κ3) is 1.86. The molecule has 1 fully saturated rings. The van der Waals surface area contributed by atoms with Crippen LogP contribution in [-0.2, 0) is 7.05 Å². The van der Waals surface area contributed by atoms with E-state index in [1.54, 1.807) is 18.5 Å². The summed E-state index contributed by atoms with van der Waals surface area (Å²) < 4.78 is 1.77. The molecule has 0 aliphatic carbocycles. The Balaban J connectivity index is 2.46. The zero-order chi connectivity index (χ0) is 12.6. The van der Waals surface area contributed by atoms with Crippen LogP contribution in [-0.4, -0.2) is 33.6 Å². The van der Waals surface area contributed by atoms with Gasteiger partial charge in [0.2, 0.25) is 11.6 Å². The first-order valence-corrected chi connectivity index (χ1v) is 5.70. The summed E-state index contributed by atoms with van der Waals surface area (Å²) in [5.74, 6) is 1.17. The fourth-order valence-corrected chi connectivity index (χ4v) is 2.38. The molecule has 2 heterocycles. The van der Waals surface area contributed by atoms with Crippen molar-refractivity contribution in [3.05, 3.63) is 15.9 Å². The lowest BCUT2D eigenvalue weighted by atomic mass is 10.2. The Hall–Kier alpha value is -1.63. The second-order valence-electron chi connectivity index (χ2n) is 4.35. The summed E-state index contributed by atoms with van der Waals surface area (Å²) in [6, 6.07) is 0.184. The monoisotopic (exact) mass is 239 g/mol. The van der Waals surface area contributed by atoms with Crippen LogP contribution in [0.2, 0.25) is 0 Å². The van der Waals surface area contributed by atoms with Crippen LogP contribution in [0.1, 0.15) is 18.7 Å². The first kappa shape index (κ1) is 11.8. The first-order chi connectivity index (χ1) is 8.06. The van der Waals surface area contributed by atoms with E-state index >= 15 is 0 Å². The Morgan fingerprint density at radius 2 is 2.35 bits per heavy atom. The Morgan fingerprint density at radius 3 is 2.94 bits per heavy atom. The smallest absolute Gasteiger partial charge is 0.358 e. The molecule has 17 heavy (non-hydrogen) atoms. The fraction of sp³-hybridized carbons (Fsp3) is 0.700. The molecule has 1 aliphatic heterocycles. The van der Waals surface area contributed by atoms with Gasteiger partial charge in [0.1, 0.15) is 0 Å². The van der Waals surface area contributed by atoms with Crippen molar-refractivity contribution in [3.8, 4) is 0 Å². The van der Waals surface area contributed by atoms with Crippen LogP contribution >= 0.6 is 0 Å². The topological polar surface area (TPSA) is 90.2 Å². The number of nitrogens with two attached hydrogens (primary N) is 1. The van der Waals surface area contributed by atoms with Crippen molar-refractivity contribution in [1.29, 1.82) is 0 Å². The molecule has 0 spiro atoms. The van der Waals surface area contributed by atoms with Gasteiger partial charge >= 0.3 is 5.82 Å². The number of nitrogens with zero attached hydrogens (tertiary/aromatic N) is 4. The Morgan fingerprint density at radius 1 is 1.65 bits per heavy atom. The van der Waals surface area contributed by atoms with Gasteiger partial charge in [0.05, 0.1) is 0 Å². The molecule has 1 aromatic heterocycles. The molecule has 94 valence electrons. The van der Waals surface area contributed by atoms with Gasteiger partial charge in [0, 0.05) is 33.1 Å². The normalized spacial score (nSPS) is 19.9. The molecule has 0 amide bonds. The molecule has 7 nitrogen and oxygen atoms in total. The molecule has 2 N–H and O–H groups in total. The van der Waals surface area contributed by atoms with Gasteiger partial charge in [-0.25, -0.2) is 0 Å². The minimum absolute atomic E-state index is 0.0645. The molecular weight excluding hydrogens is 222 g/mol. The highest BCUT2D eigenvalue weighted by atomic mass is 16.6. The summed E-state index contributed by atoms with van der Waals surface area (Å²) >= 11 is 0. The lowest BCUT2D eigenvalue weighted by Gasteiger charge is -2.24. The third-order valence-corrected chi connectivity index (χ3v) is 3.37. The van der Waals surface area contributed by atoms with Gasteiger partial charge in [-0.3, -0.25) is 4.57 Å². The summed E-state index contributed by atoms with van der Waals surface area (Å²) in [4.78, 5) is 16.6. The highest BCUT2D eigenvalue weighted by Crippen LogP contribution is 2.33. The number of hydrogen-bond acceptors (Lipinski definition) is 5. The Kier molecular flexibility index (Phi) is 3.01. The van der Waals surface area contributed by atoms with Crippen LogP contribution in [0.5, 0.6) is 0 Å². The maximum Gasteiger partial charge on any atom is 0.406 e. The van der Waals surface area contributed by atoms with E-state index in [9.17, 15) is 10.1 Å². The van der Waals surface area contributed by atoms with Crippen molar-refractivity contribution in [2.45, 2.75) is 25.8 Å². The highest BCUT2D eigenvalue weighted by molar-refractivity contribution is 5.57. The lowest BCUT2D eigenvalue weighted by molar-refractivity contribution is -0.388. The summed E-state index contributed by atoms with van der Waals surface area (Å²) in [5, 5.41) is 11.0. The lowest BCUT2D eigenvalue weighted by Crippen LogP contribution is -2.36. The fourth-order valence-electron chi connectivity index (χ4n) is 2.38. The van der Waals surface area contributed by atoms with Crippen LogP contribution in [0.25, 0.3) is 0 Å². The molecule has 0 saturated carbocycles. The Bertz CT molecular complexity index is 442. The molecule has 1 atom stereocenters. The molecule has 1 aromatic rings. The zero-order valence-corrected chi connectivity index (χ0v) is 10.1. The van der Waals surface area contributed by atoms with Crippen LogP contribution in [0.4, 0.5) is 11.6 Å². The Labute approximate surface area is 99.4 Å². The minimum atomic E-state index is -0.422. The standard InChI is InChI=1S/C10H17N5O2/c1-7-12-9(15(16)17)10(13(7)2)14-5-3-4-8(14)6-11/h8H,3-6,11H2,1-2H3. The van der Waals surface area contributed by atoms with Gasteiger partial charge < -0.3 is 20.7 Å². The van der Waals surface area contributed by atoms with Crippen molar-refractivity contribution < 1.29 is 4.92 Å². The average Bonchev–Trinajstić information content (AvgIpc) is 2.84. The molecule has 1 saturated heterocycles. The number of nitro groups is 1. The number of hydrogen-bond donors (Lipinski definition) is 1. The average molecular weight is 239 g/mol. The molecule has 7 heteroatoms. The minimum Gasteiger partial charge on any atom is -0.358 e. The summed E-state index contributed by atoms with van der Waals surface area (Å²) in [5.41, 5.74) is 5.70. The second kappa shape index (κ2) is 4.33. The van der Waals surface area contributed by atoms with Crippen LogP contribution in [0.15, 0.2) is 0 Å². The maximum absolute atomic E-state index is 11.0. The van der Waals surface area contributed by atoms with Gasteiger partial charge in [-0.2, -0.15) is 0 Å². The molecule has 0 radical (unpaired) electrons. The van der Waals surface area contributed by atoms with E-state index < -0.39 is 4.92 Å². The number of anilines is 1. The van der Waals surface area contributed by atoms with E-state index in [1.165, 1.54) is 0 Å². The van der Waals surface area contributed by atoms with Crippen LogP contribution in [0.3, 0.4) is 0 Å². The van der Waals surface area contributed by atoms with Gasteiger partial charge in [0.15, 0.2) is 0 Å². The third-order valence-electron chi connectivity index (χ3n) is 3.37. The number of rotatable bonds is 3. The van der Waals surface area contributed by atoms with Gasteiger partial charge in [-0.05, 0) is 22.7 Å². The van der Waals surface area contributed by atoms with E-state index in [2.05, 4.69) is 4.98 Å². The second-order valence-corrected chi connectivity index (χ2v) is 4.35. The largest absolute Gasteiger partial charge is 0.406 e. The molecule has 2 rings (SSSR count). The van der Waals surface area contributed by atoms with E-state index in [1.807, 2.05) is 4.90 Å². The summed E-state index contributed by atoms with van der Waals surface area (Å²) in [6.07, 6.45) is 2.00. The predicted octanol–water partition coefficient (Wildman–Crippen LogP) is 0.564. The molecule has 0 bridgehead atoms. The van der Waals surface area contributed by atoms with Crippen molar-refractivity contribution >= 4 is 11.6 Å². The molecule has 1 unspecified atom stereocenters. The molecule has 1 aliphatic rings. The molecular formula is C10H17N5O2. The summed E-state index contributed by atoms with van der Waals surface area (Å²) in [7, 11) is 1.80. The van der Waals surface area contributed by atoms with Gasteiger partial charge in [-0.1, -0.05) is 0 Å². The van der Waals surface area contributed by atoms with Gasteiger partial charge in [-0.15, -0.1) is 0 Å². The van der Waals surface area contributed by atoms with Crippen molar-refractivity contribution in [1.82, 2.24) is 9.55 Å². The number of aryl methyl sites for hydroxylation is 1. The van der Waals surface area contributed by atoms with E-state index in [0.717, 1.165) is 19.4 Å². The van der Waals surface area contributed by atoms with Crippen molar-refractivity contribution in [2.75, 3.05) is 18.0 Å². The number of imidazole rings is 1. The van der Waals surface area contributed by atoms with E-state index in [4.69, 9.17) is 5.73 Å². The van der Waals surface area contributed by atoms with E-state index in [0.29, 0.717) is 18.2 Å². The quantitative estimate of drug-likeness (QED) is 0.615. The van der Waals surface area contributed by atoms with Crippen LogP contribution < -0.4 is 10.6 Å². The van der Waals surface area contributed by atoms with Crippen molar-refractivity contribution in [3.63, 3.8) is 0 Å². The highest BCUT2D eigenvalue weighted by Gasteiger charge is 2.34. The maximum atomic E-state index is 11.0. The summed E-state index contributed by atoms with van der Waals surface area (Å²) in [6.45, 7) is 3.09. The van der Waals surface area contributed by atoms with E-state index in [-0.39, 0.29) is 11.9 Å².